The summed E-state index contributed by atoms with van der Waals surface area (Å²) >= 11 is 0. The Balaban J connectivity index is 2.51. The molecule has 0 saturated carbocycles. The molecule has 3 unspecified atom stereocenters. The predicted molar refractivity (Wildman–Crippen MR) is 70.3 cm³/mol. The third kappa shape index (κ3) is 3.81. The molecule has 0 aromatic rings. The van der Waals surface area contributed by atoms with Gasteiger partial charge in [0.2, 0.25) is 0 Å². The molecule has 0 radical (unpaired) electrons. The second-order valence-corrected chi connectivity index (χ2v) is 5.54. The zero-order chi connectivity index (χ0) is 12.1. The standard InChI is InChI=1S/C14H26N2/c1-6-7-12(4)16-10-14(8-11(2)3)15-9-13(16)5/h1,11-15H,7-10H2,2-5H3. The first kappa shape index (κ1) is 13.5. The monoisotopic (exact) mass is 222 g/mol. The number of hydrogen-bond donors (Lipinski definition) is 1. The summed E-state index contributed by atoms with van der Waals surface area (Å²) in [6, 6.07) is 1.75. The first-order valence-electron chi connectivity index (χ1n) is 6.47. The molecule has 1 heterocycles. The largest absolute Gasteiger partial charge is 0.311 e. The minimum Gasteiger partial charge on any atom is -0.311 e. The van der Waals surface area contributed by atoms with Crippen molar-refractivity contribution in [1.82, 2.24) is 10.2 Å². The summed E-state index contributed by atoms with van der Waals surface area (Å²) in [5, 5.41) is 3.63. The number of hydrogen-bond acceptors (Lipinski definition) is 2. The summed E-state index contributed by atoms with van der Waals surface area (Å²) in [6.45, 7) is 11.3. The van der Waals surface area contributed by atoms with Gasteiger partial charge in [0.05, 0.1) is 0 Å². The highest BCUT2D eigenvalue weighted by Gasteiger charge is 2.28. The lowest BCUT2D eigenvalue weighted by molar-refractivity contribution is 0.0944. The number of nitrogens with one attached hydrogen (secondary N) is 1. The van der Waals surface area contributed by atoms with E-state index in [1.807, 2.05) is 0 Å². The molecule has 0 spiro atoms. The Morgan fingerprint density at radius 2 is 2.12 bits per heavy atom. The van der Waals surface area contributed by atoms with Crippen LogP contribution in [0.3, 0.4) is 0 Å². The SMILES string of the molecule is C#CCC(C)N1CC(CC(C)C)NCC1C. The van der Waals surface area contributed by atoms with Crippen molar-refractivity contribution in [2.24, 2.45) is 5.92 Å². The number of rotatable bonds is 4. The van der Waals surface area contributed by atoms with Gasteiger partial charge in [-0.1, -0.05) is 13.8 Å². The summed E-state index contributed by atoms with van der Waals surface area (Å²) in [4.78, 5) is 2.56. The molecular formula is C14H26N2. The molecule has 0 aromatic carbocycles. The number of nitrogens with zero attached hydrogens (tertiary/aromatic N) is 1. The molecule has 3 atom stereocenters. The van der Waals surface area contributed by atoms with E-state index in [4.69, 9.17) is 6.42 Å². The van der Waals surface area contributed by atoms with Crippen molar-refractivity contribution in [1.29, 1.82) is 0 Å². The van der Waals surface area contributed by atoms with Crippen LogP contribution in [-0.2, 0) is 0 Å². The summed E-state index contributed by atoms with van der Waals surface area (Å²) < 4.78 is 0. The van der Waals surface area contributed by atoms with E-state index in [0.717, 1.165) is 25.4 Å². The van der Waals surface area contributed by atoms with Gasteiger partial charge in [0.15, 0.2) is 0 Å². The lowest BCUT2D eigenvalue weighted by Crippen LogP contribution is -2.58. The third-order valence-electron chi connectivity index (χ3n) is 3.43. The van der Waals surface area contributed by atoms with Gasteiger partial charge in [0.25, 0.3) is 0 Å². The molecule has 0 aliphatic carbocycles. The first-order valence-corrected chi connectivity index (χ1v) is 6.47. The molecule has 2 nitrogen and oxygen atoms in total. The lowest BCUT2D eigenvalue weighted by atomic mass is 9.98. The molecule has 16 heavy (non-hydrogen) atoms. The summed E-state index contributed by atoms with van der Waals surface area (Å²) in [5.41, 5.74) is 0. The smallest absolute Gasteiger partial charge is 0.0240 e. The van der Waals surface area contributed by atoms with Crippen LogP contribution < -0.4 is 5.32 Å². The molecule has 2 heteroatoms. The van der Waals surface area contributed by atoms with Gasteiger partial charge in [-0.3, -0.25) is 4.90 Å². The van der Waals surface area contributed by atoms with Crippen LogP contribution in [0.15, 0.2) is 0 Å². The van der Waals surface area contributed by atoms with E-state index in [2.05, 4.69) is 43.8 Å². The van der Waals surface area contributed by atoms with Gasteiger partial charge in [-0.15, -0.1) is 12.3 Å². The molecule has 0 bridgehead atoms. The zero-order valence-electron chi connectivity index (χ0n) is 11.2. The van der Waals surface area contributed by atoms with Crippen LogP contribution in [0.5, 0.6) is 0 Å². The Morgan fingerprint density at radius 1 is 1.44 bits per heavy atom. The fourth-order valence-corrected chi connectivity index (χ4v) is 2.58. The predicted octanol–water partition coefficient (Wildman–Crippen LogP) is 2.11. The summed E-state index contributed by atoms with van der Waals surface area (Å²) in [6.07, 6.45) is 7.52. The average Bonchev–Trinajstić information content (AvgIpc) is 2.20. The van der Waals surface area contributed by atoms with Gasteiger partial charge in [-0.2, -0.15) is 0 Å². The lowest BCUT2D eigenvalue weighted by Gasteiger charge is -2.42. The maximum absolute atomic E-state index is 5.40. The van der Waals surface area contributed by atoms with Crippen LogP contribution in [0.25, 0.3) is 0 Å². The van der Waals surface area contributed by atoms with Crippen LogP contribution in [0, 0.1) is 18.3 Å². The van der Waals surface area contributed by atoms with E-state index in [1.165, 1.54) is 6.42 Å². The highest BCUT2D eigenvalue weighted by Crippen LogP contribution is 2.16. The number of terminal acetylenes is 1. The molecule has 1 aliphatic heterocycles. The van der Waals surface area contributed by atoms with E-state index in [9.17, 15) is 0 Å². The Bertz CT molecular complexity index is 242. The highest BCUT2D eigenvalue weighted by molar-refractivity contribution is 4.93. The van der Waals surface area contributed by atoms with Crippen LogP contribution in [0.1, 0.15) is 40.5 Å². The van der Waals surface area contributed by atoms with Gasteiger partial charge >= 0.3 is 0 Å². The molecule has 0 amide bonds. The van der Waals surface area contributed by atoms with Gasteiger partial charge in [-0.25, -0.2) is 0 Å². The Morgan fingerprint density at radius 3 is 2.69 bits per heavy atom. The van der Waals surface area contributed by atoms with Crippen LogP contribution in [-0.4, -0.2) is 36.1 Å². The van der Waals surface area contributed by atoms with Gasteiger partial charge in [-0.05, 0) is 26.2 Å². The normalized spacial score (nSPS) is 29.0. The maximum Gasteiger partial charge on any atom is 0.0240 e. The second-order valence-electron chi connectivity index (χ2n) is 5.54. The van der Waals surface area contributed by atoms with E-state index in [-0.39, 0.29) is 0 Å². The van der Waals surface area contributed by atoms with Crippen molar-refractivity contribution >= 4 is 0 Å². The Labute approximate surface area is 101 Å². The van der Waals surface area contributed by atoms with Crippen molar-refractivity contribution < 1.29 is 0 Å². The van der Waals surface area contributed by atoms with E-state index in [0.29, 0.717) is 18.1 Å². The van der Waals surface area contributed by atoms with Gasteiger partial charge < -0.3 is 5.32 Å². The Kier molecular flexibility index (Phi) is 5.31. The summed E-state index contributed by atoms with van der Waals surface area (Å²) in [7, 11) is 0. The van der Waals surface area contributed by atoms with E-state index in [1.54, 1.807) is 0 Å². The van der Waals surface area contributed by atoms with Crippen molar-refractivity contribution in [2.45, 2.75) is 58.7 Å². The van der Waals surface area contributed by atoms with Crippen molar-refractivity contribution in [3.63, 3.8) is 0 Å². The van der Waals surface area contributed by atoms with Crippen LogP contribution >= 0.6 is 0 Å². The first-order chi connectivity index (χ1) is 7.54. The topological polar surface area (TPSA) is 15.3 Å². The second kappa shape index (κ2) is 6.27. The molecule has 0 aromatic heterocycles. The van der Waals surface area contributed by atoms with Crippen molar-refractivity contribution in [3.05, 3.63) is 0 Å². The van der Waals surface area contributed by atoms with Crippen LogP contribution in [0.2, 0.25) is 0 Å². The van der Waals surface area contributed by atoms with Gasteiger partial charge in [0.1, 0.15) is 0 Å². The third-order valence-corrected chi connectivity index (χ3v) is 3.43. The zero-order valence-corrected chi connectivity index (χ0v) is 11.2. The minimum atomic E-state index is 0.511. The van der Waals surface area contributed by atoms with Gasteiger partial charge in [0, 0.05) is 37.6 Å². The number of piperazine rings is 1. The highest BCUT2D eigenvalue weighted by atomic mass is 15.2. The molecule has 1 rings (SSSR count). The fraction of sp³-hybridized carbons (Fsp3) is 0.857. The molecule has 1 N–H and O–H groups in total. The molecule has 1 fully saturated rings. The average molecular weight is 222 g/mol. The minimum absolute atomic E-state index is 0.511. The molecule has 92 valence electrons. The van der Waals surface area contributed by atoms with Crippen LogP contribution in [0.4, 0.5) is 0 Å². The van der Waals surface area contributed by atoms with Crippen molar-refractivity contribution in [3.8, 4) is 12.3 Å². The molecular weight excluding hydrogens is 196 g/mol. The fourth-order valence-electron chi connectivity index (χ4n) is 2.58. The van der Waals surface area contributed by atoms with Crippen molar-refractivity contribution in [2.75, 3.05) is 13.1 Å². The molecule has 1 aliphatic rings. The molecule has 1 saturated heterocycles. The Hall–Kier alpha value is -0.520. The quantitative estimate of drug-likeness (QED) is 0.733. The maximum atomic E-state index is 5.40. The summed E-state index contributed by atoms with van der Waals surface area (Å²) in [5.74, 6) is 3.54. The van der Waals surface area contributed by atoms with E-state index >= 15 is 0 Å². The van der Waals surface area contributed by atoms with E-state index < -0.39 is 0 Å².